The van der Waals surface area contributed by atoms with Crippen LogP contribution in [0.5, 0.6) is 0 Å². The lowest BCUT2D eigenvalue weighted by Gasteiger charge is -2.28. The van der Waals surface area contributed by atoms with Gasteiger partial charge in [-0.25, -0.2) is 4.79 Å². The quantitative estimate of drug-likeness (QED) is 0.319. The van der Waals surface area contributed by atoms with Crippen molar-refractivity contribution in [2.24, 2.45) is 5.41 Å². The first-order valence-corrected chi connectivity index (χ1v) is 11.1. The van der Waals surface area contributed by atoms with Crippen LogP contribution in [0.1, 0.15) is 32.8 Å². The van der Waals surface area contributed by atoms with Crippen LogP contribution in [0.2, 0.25) is 13.1 Å². The van der Waals surface area contributed by atoms with Gasteiger partial charge in [-0.2, -0.15) is 0 Å². The minimum absolute atomic E-state index is 0.0625. The maximum atomic E-state index is 11.9. The van der Waals surface area contributed by atoms with E-state index in [1.807, 2.05) is 22.6 Å². The molecular formula is C14H25IN2O4Si. The predicted octanol–water partition coefficient (Wildman–Crippen LogP) is 2.19. The molecule has 1 unspecified atom stereocenters. The molecular weight excluding hydrogens is 415 g/mol. The molecule has 0 aliphatic carbocycles. The zero-order valence-corrected chi connectivity index (χ0v) is 17.3. The van der Waals surface area contributed by atoms with Crippen LogP contribution < -0.4 is 11.2 Å². The van der Waals surface area contributed by atoms with Crippen molar-refractivity contribution < 1.29 is 9.16 Å². The van der Waals surface area contributed by atoms with Crippen molar-refractivity contribution in [3.63, 3.8) is 0 Å². The molecule has 1 aromatic rings. The third-order valence-electron chi connectivity index (χ3n) is 2.95. The molecule has 0 bridgehead atoms. The first-order chi connectivity index (χ1) is 10.0. The topological polar surface area (TPSA) is 73.3 Å². The summed E-state index contributed by atoms with van der Waals surface area (Å²) in [7, 11) is -1.26. The number of nitrogens with zero attached hydrogens (tertiary/aromatic N) is 1. The molecule has 1 atom stereocenters. The van der Waals surface area contributed by atoms with E-state index in [0.717, 1.165) is 6.42 Å². The van der Waals surface area contributed by atoms with Crippen molar-refractivity contribution >= 4 is 31.6 Å². The number of aromatic amines is 1. The standard InChI is InChI=1S/C14H25IN2O4Si/c1-9-11(15)17(13(19)16-12(9)18)8-20-10(21-22(5)6)7-14(2,3)4/h10,22H,7-8H2,1-6H3,(H,16,18,19). The molecule has 6 nitrogen and oxygen atoms in total. The largest absolute Gasteiger partial charge is 0.396 e. The molecule has 0 aromatic carbocycles. The smallest absolute Gasteiger partial charge is 0.331 e. The number of nitrogens with one attached hydrogen (secondary N) is 1. The van der Waals surface area contributed by atoms with Crippen LogP contribution in [-0.2, 0) is 15.9 Å². The minimum atomic E-state index is -1.26. The van der Waals surface area contributed by atoms with Gasteiger partial charge in [0.2, 0.25) is 0 Å². The Morgan fingerprint density at radius 3 is 2.41 bits per heavy atom. The summed E-state index contributed by atoms with van der Waals surface area (Å²) in [6, 6.07) is 0. The van der Waals surface area contributed by atoms with E-state index in [4.69, 9.17) is 9.16 Å². The Kier molecular flexibility index (Phi) is 7.03. The molecule has 0 aliphatic rings. The van der Waals surface area contributed by atoms with Crippen LogP contribution >= 0.6 is 22.6 Å². The van der Waals surface area contributed by atoms with Crippen LogP contribution in [0, 0.1) is 16.0 Å². The Bertz CT molecular complexity index is 619. The lowest BCUT2D eigenvalue weighted by molar-refractivity contribution is -0.128. The van der Waals surface area contributed by atoms with Crippen LogP contribution in [0.15, 0.2) is 9.59 Å². The number of H-pyrrole nitrogens is 1. The molecule has 0 saturated carbocycles. The number of aromatic nitrogens is 2. The minimum Gasteiger partial charge on any atom is -0.396 e. The van der Waals surface area contributed by atoms with Crippen LogP contribution in [0.3, 0.4) is 0 Å². The van der Waals surface area contributed by atoms with Crippen molar-refractivity contribution in [2.45, 2.75) is 60.2 Å². The van der Waals surface area contributed by atoms with Crippen LogP contribution in [0.25, 0.3) is 0 Å². The van der Waals surface area contributed by atoms with Crippen molar-refractivity contribution in [3.05, 3.63) is 30.1 Å². The fraction of sp³-hybridized carbons (Fsp3) is 0.714. The second kappa shape index (κ2) is 7.89. The van der Waals surface area contributed by atoms with E-state index >= 15 is 0 Å². The summed E-state index contributed by atoms with van der Waals surface area (Å²) in [5.41, 5.74) is -0.248. The maximum absolute atomic E-state index is 11.9. The van der Waals surface area contributed by atoms with Crippen molar-refractivity contribution in [3.8, 4) is 0 Å². The highest BCUT2D eigenvalue weighted by Crippen LogP contribution is 2.23. The van der Waals surface area contributed by atoms with Gasteiger partial charge in [0.05, 0.1) is 3.70 Å². The van der Waals surface area contributed by atoms with E-state index in [1.54, 1.807) is 6.92 Å². The summed E-state index contributed by atoms with van der Waals surface area (Å²) in [6.45, 7) is 12.3. The number of halogens is 1. The van der Waals surface area contributed by atoms with Gasteiger partial charge < -0.3 is 9.16 Å². The molecule has 0 amide bonds. The van der Waals surface area contributed by atoms with Gasteiger partial charge in [-0.05, 0) is 48.0 Å². The summed E-state index contributed by atoms with van der Waals surface area (Å²) >= 11 is 1.99. The zero-order valence-electron chi connectivity index (χ0n) is 14.0. The number of hydrogen-bond donors (Lipinski definition) is 1. The number of ether oxygens (including phenoxy) is 1. The molecule has 126 valence electrons. The summed E-state index contributed by atoms with van der Waals surface area (Å²) in [4.78, 5) is 25.8. The molecule has 0 spiro atoms. The van der Waals surface area contributed by atoms with Gasteiger partial charge in [0.15, 0.2) is 9.04 Å². The lowest BCUT2D eigenvalue weighted by atomic mass is 9.92. The monoisotopic (exact) mass is 440 g/mol. The van der Waals surface area contributed by atoms with Gasteiger partial charge in [-0.3, -0.25) is 14.3 Å². The van der Waals surface area contributed by atoms with E-state index in [-0.39, 0.29) is 24.0 Å². The molecule has 1 rings (SSSR count). The summed E-state index contributed by atoms with van der Waals surface area (Å²) in [5, 5.41) is 0. The van der Waals surface area contributed by atoms with Crippen molar-refractivity contribution in [1.82, 2.24) is 9.55 Å². The molecule has 1 heterocycles. The Morgan fingerprint density at radius 2 is 1.91 bits per heavy atom. The van der Waals surface area contributed by atoms with E-state index < -0.39 is 14.7 Å². The molecule has 0 fully saturated rings. The third kappa shape index (κ3) is 5.97. The highest BCUT2D eigenvalue weighted by atomic mass is 127. The molecule has 1 aromatic heterocycles. The van der Waals surface area contributed by atoms with Gasteiger partial charge in [-0.1, -0.05) is 20.8 Å². The summed E-state index contributed by atoms with van der Waals surface area (Å²) in [5.74, 6) is 0. The van der Waals surface area contributed by atoms with Crippen LogP contribution in [-0.4, -0.2) is 24.9 Å². The highest BCUT2D eigenvalue weighted by molar-refractivity contribution is 14.1. The zero-order chi connectivity index (χ0) is 17.1. The normalized spacial score (nSPS) is 13.6. The predicted molar refractivity (Wildman–Crippen MR) is 97.7 cm³/mol. The van der Waals surface area contributed by atoms with E-state index in [1.165, 1.54) is 4.57 Å². The Hall–Kier alpha value is -0.453. The average molecular weight is 440 g/mol. The molecule has 22 heavy (non-hydrogen) atoms. The van der Waals surface area contributed by atoms with E-state index in [0.29, 0.717) is 9.26 Å². The molecule has 1 N–H and O–H groups in total. The Labute approximate surface area is 146 Å². The molecule has 0 saturated heterocycles. The second-order valence-corrected chi connectivity index (χ2v) is 10.2. The van der Waals surface area contributed by atoms with E-state index in [9.17, 15) is 9.59 Å². The molecule has 0 aliphatic heterocycles. The first-order valence-electron chi connectivity index (χ1n) is 7.27. The van der Waals surface area contributed by atoms with Gasteiger partial charge >= 0.3 is 5.69 Å². The van der Waals surface area contributed by atoms with Crippen molar-refractivity contribution in [2.75, 3.05) is 0 Å². The van der Waals surface area contributed by atoms with Crippen LogP contribution in [0.4, 0.5) is 0 Å². The number of hydrogen-bond acceptors (Lipinski definition) is 4. The molecule has 8 heteroatoms. The fourth-order valence-electron chi connectivity index (χ4n) is 1.87. The van der Waals surface area contributed by atoms with Crippen molar-refractivity contribution in [1.29, 1.82) is 0 Å². The van der Waals surface area contributed by atoms with Gasteiger partial charge in [0.25, 0.3) is 5.56 Å². The SMILES string of the molecule is Cc1c(I)n(COC(CC(C)(C)C)O[SiH](C)C)c(=O)[nH]c1=O. The molecule has 0 radical (unpaired) electrons. The van der Waals surface area contributed by atoms with Gasteiger partial charge in [0, 0.05) is 12.0 Å². The average Bonchev–Trinajstić information content (AvgIpc) is 2.33. The van der Waals surface area contributed by atoms with Gasteiger partial charge in [-0.15, -0.1) is 0 Å². The maximum Gasteiger partial charge on any atom is 0.331 e. The van der Waals surface area contributed by atoms with Gasteiger partial charge in [0.1, 0.15) is 13.0 Å². The lowest BCUT2D eigenvalue weighted by Crippen LogP contribution is -2.36. The number of rotatable bonds is 6. The fourth-order valence-corrected chi connectivity index (χ4v) is 3.25. The Balaban J connectivity index is 2.92. The van der Waals surface area contributed by atoms with E-state index in [2.05, 4.69) is 38.8 Å². The highest BCUT2D eigenvalue weighted by Gasteiger charge is 2.21. The first kappa shape index (κ1) is 19.6. The summed E-state index contributed by atoms with van der Waals surface area (Å²) < 4.78 is 13.7. The second-order valence-electron chi connectivity index (χ2n) is 6.78. The Morgan fingerprint density at radius 1 is 1.32 bits per heavy atom. The summed E-state index contributed by atoms with van der Waals surface area (Å²) in [6.07, 6.45) is 0.396. The third-order valence-corrected chi connectivity index (χ3v) is 5.18.